The van der Waals surface area contributed by atoms with E-state index >= 15 is 0 Å². The van der Waals surface area contributed by atoms with E-state index in [1.54, 1.807) is 0 Å². The number of nitrogens with one attached hydrogen (secondary N) is 1. The number of halogens is 1. The Kier molecular flexibility index (Phi) is 11.0. The molecule has 0 bridgehead atoms. The molecule has 0 aliphatic carbocycles. The van der Waals surface area contributed by atoms with Crippen LogP contribution in [0.25, 0.3) is 0 Å². The van der Waals surface area contributed by atoms with E-state index in [2.05, 4.69) is 62.3 Å². The van der Waals surface area contributed by atoms with Crippen LogP contribution >= 0.6 is 35.7 Å². The topological polar surface area (TPSA) is 34.1 Å². The van der Waals surface area contributed by atoms with Gasteiger partial charge in [-0.1, -0.05) is 25.1 Å². The minimum absolute atomic E-state index is 0. The highest BCUT2D eigenvalue weighted by Crippen LogP contribution is 2.25. The Balaban J connectivity index is 0.00000280. The summed E-state index contributed by atoms with van der Waals surface area (Å²) in [5.74, 6) is 3.02. The van der Waals surface area contributed by atoms with E-state index in [1.807, 2.05) is 18.8 Å². The van der Waals surface area contributed by atoms with Crippen molar-refractivity contribution >= 4 is 41.7 Å². The predicted octanol–water partition coefficient (Wildman–Crippen LogP) is 2.93. The summed E-state index contributed by atoms with van der Waals surface area (Å²) >= 11 is 1.98. The second-order valence-corrected chi connectivity index (χ2v) is 8.57. The Labute approximate surface area is 192 Å². The molecule has 1 unspecified atom stereocenters. The van der Waals surface area contributed by atoms with Gasteiger partial charge >= 0.3 is 0 Å². The van der Waals surface area contributed by atoms with Gasteiger partial charge in [0.25, 0.3) is 0 Å². The zero-order chi connectivity index (χ0) is 18.9. The van der Waals surface area contributed by atoms with E-state index < -0.39 is 0 Å². The zero-order valence-corrected chi connectivity index (χ0v) is 20.5. The third-order valence-corrected chi connectivity index (χ3v) is 6.89. The first kappa shape index (κ1) is 23.8. The fraction of sp³-hybridized carbons (Fsp3) is 0.667. The van der Waals surface area contributed by atoms with Crippen molar-refractivity contribution in [1.29, 1.82) is 0 Å². The molecule has 0 saturated carbocycles. The van der Waals surface area contributed by atoms with E-state index in [0.717, 1.165) is 38.1 Å². The maximum Gasteiger partial charge on any atom is 0.193 e. The van der Waals surface area contributed by atoms with Crippen LogP contribution in [0.5, 0.6) is 0 Å². The van der Waals surface area contributed by atoms with Crippen molar-refractivity contribution < 1.29 is 0 Å². The number of likely N-dealkylation sites (N-methyl/N-ethyl adjacent to an activating group) is 1. The highest BCUT2D eigenvalue weighted by atomic mass is 127. The molecule has 7 heteroatoms. The fourth-order valence-electron chi connectivity index (χ4n) is 3.88. The highest BCUT2D eigenvalue weighted by Gasteiger charge is 2.25. The first-order valence-electron chi connectivity index (χ1n) is 10.4. The summed E-state index contributed by atoms with van der Waals surface area (Å²) in [6.45, 7) is 12.6. The molecule has 2 heterocycles. The van der Waals surface area contributed by atoms with Gasteiger partial charge in [0, 0.05) is 70.1 Å². The second-order valence-electron chi connectivity index (χ2n) is 7.47. The summed E-state index contributed by atoms with van der Waals surface area (Å²) in [5, 5.41) is 3.59. The maximum absolute atomic E-state index is 4.53. The number of hydrogen-bond acceptors (Lipinski definition) is 4. The van der Waals surface area contributed by atoms with Gasteiger partial charge in [0.15, 0.2) is 5.96 Å². The minimum Gasteiger partial charge on any atom is -0.355 e. The Morgan fingerprint density at radius 1 is 1.11 bits per heavy atom. The lowest BCUT2D eigenvalue weighted by Gasteiger charge is -2.34. The molecule has 2 aliphatic heterocycles. The summed E-state index contributed by atoms with van der Waals surface area (Å²) < 4.78 is 0. The van der Waals surface area contributed by atoms with E-state index in [9.17, 15) is 0 Å². The van der Waals surface area contributed by atoms with Gasteiger partial charge in [-0.2, -0.15) is 0 Å². The molecule has 2 fully saturated rings. The summed E-state index contributed by atoms with van der Waals surface area (Å²) in [4.78, 5) is 13.4. The molecular weight excluding hydrogens is 481 g/mol. The Morgan fingerprint density at radius 3 is 2.50 bits per heavy atom. The fourth-order valence-corrected chi connectivity index (χ4v) is 4.93. The van der Waals surface area contributed by atoms with Crippen molar-refractivity contribution in [2.45, 2.75) is 18.2 Å². The second kappa shape index (κ2) is 12.9. The Morgan fingerprint density at radius 2 is 1.82 bits per heavy atom. The van der Waals surface area contributed by atoms with E-state index in [-0.39, 0.29) is 24.0 Å². The number of piperazine rings is 1. The lowest BCUT2D eigenvalue weighted by Crippen LogP contribution is -2.49. The van der Waals surface area contributed by atoms with Crippen LogP contribution < -0.4 is 5.32 Å². The summed E-state index contributed by atoms with van der Waals surface area (Å²) in [6.07, 6.45) is 1.26. The molecule has 3 rings (SSSR count). The summed E-state index contributed by atoms with van der Waals surface area (Å²) in [6, 6.07) is 10.7. The number of benzene rings is 1. The number of hydrogen-bond donors (Lipinski definition) is 1. The zero-order valence-electron chi connectivity index (χ0n) is 17.3. The lowest BCUT2D eigenvalue weighted by atomic mass is 10.2. The number of nitrogens with zero attached hydrogens (tertiary/aromatic N) is 4. The predicted molar refractivity (Wildman–Crippen MR) is 132 cm³/mol. The highest BCUT2D eigenvalue weighted by molar-refractivity contribution is 14.0. The number of guanidine groups is 1. The first-order chi connectivity index (χ1) is 13.3. The van der Waals surface area contributed by atoms with Gasteiger partial charge in [-0.15, -0.1) is 35.7 Å². The molecule has 0 spiro atoms. The van der Waals surface area contributed by atoms with Gasteiger partial charge in [0.05, 0.1) is 0 Å². The monoisotopic (exact) mass is 517 g/mol. The van der Waals surface area contributed by atoms with Crippen molar-refractivity contribution in [3.8, 4) is 0 Å². The van der Waals surface area contributed by atoms with Gasteiger partial charge in [-0.25, -0.2) is 0 Å². The molecule has 0 aromatic heterocycles. The van der Waals surface area contributed by atoms with Crippen LogP contribution in [0.2, 0.25) is 0 Å². The van der Waals surface area contributed by atoms with Crippen LogP contribution in [0.3, 0.4) is 0 Å². The standard InChI is InChI=1S/C21H35N5S.HI/c1-3-24-13-15-25(16-14-24)12-10-23-21(22-2)26-11-9-19(17-26)18-27-20-7-5-4-6-8-20;/h4-8,19H,3,9-18H2,1-2H3,(H,22,23);1H. The van der Waals surface area contributed by atoms with Crippen LogP contribution in [0, 0.1) is 5.92 Å². The molecular formula is C21H36IN5S. The molecule has 0 radical (unpaired) electrons. The third kappa shape index (κ3) is 7.39. The largest absolute Gasteiger partial charge is 0.355 e. The molecule has 1 aromatic rings. The van der Waals surface area contributed by atoms with Crippen molar-refractivity contribution in [2.75, 3.05) is 71.7 Å². The molecule has 5 nitrogen and oxygen atoms in total. The Hall–Kier alpha value is -0.510. The van der Waals surface area contributed by atoms with Crippen molar-refractivity contribution in [1.82, 2.24) is 20.0 Å². The summed E-state index contributed by atoms with van der Waals surface area (Å²) in [5.41, 5.74) is 0. The van der Waals surface area contributed by atoms with Gasteiger partial charge in [-0.3, -0.25) is 9.89 Å². The minimum atomic E-state index is 0. The number of likely N-dealkylation sites (tertiary alicyclic amines) is 1. The maximum atomic E-state index is 4.53. The van der Waals surface area contributed by atoms with E-state index in [0.29, 0.717) is 0 Å². The van der Waals surface area contributed by atoms with Crippen molar-refractivity contribution in [3.05, 3.63) is 30.3 Å². The molecule has 28 heavy (non-hydrogen) atoms. The van der Waals surface area contributed by atoms with Gasteiger partial charge in [0.2, 0.25) is 0 Å². The van der Waals surface area contributed by atoms with Crippen molar-refractivity contribution in [2.24, 2.45) is 10.9 Å². The van der Waals surface area contributed by atoms with Gasteiger partial charge < -0.3 is 15.1 Å². The van der Waals surface area contributed by atoms with E-state index in [4.69, 9.17) is 0 Å². The van der Waals surface area contributed by atoms with Gasteiger partial charge in [0.1, 0.15) is 0 Å². The van der Waals surface area contributed by atoms with Gasteiger partial charge in [-0.05, 0) is 31.0 Å². The molecule has 1 N–H and O–H groups in total. The quantitative estimate of drug-likeness (QED) is 0.261. The number of aliphatic imine (C=N–C) groups is 1. The summed E-state index contributed by atoms with van der Waals surface area (Å²) in [7, 11) is 1.91. The molecule has 2 aliphatic rings. The average molecular weight is 518 g/mol. The van der Waals surface area contributed by atoms with Crippen LogP contribution in [0.15, 0.2) is 40.2 Å². The van der Waals surface area contributed by atoms with Crippen molar-refractivity contribution in [3.63, 3.8) is 0 Å². The lowest BCUT2D eigenvalue weighted by molar-refractivity contribution is 0.139. The average Bonchev–Trinajstić information content (AvgIpc) is 3.20. The molecule has 158 valence electrons. The molecule has 2 saturated heterocycles. The number of rotatable bonds is 7. The van der Waals surface area contributed by atoms with Crippen LogP contribution in [0.1, 0.15) is 13.3 Å². The molecule has 1 aromatic carbocycles. The first-order valence-corrected chi connectivity index (χ1v) is 11.3. The Bertz CT molecular complexity index is 577. The third-order valence-electron chi connectivity index (χ3n) is 5.65. The number of thioether (sulfide) groups is 1. The smallest absolute Gasteiger partial charge is 0.193 e. The van der Waals surface area contributed by atoms with Crippen LogP contribution in [-0.2, 0) is 0 Å². The van der Waals surface area contributed by atoms with Crippen LogP contribution in [-0.4, -0.2) is 92.4 Å². The SMILES string of the molecule is CCN1CCN(CCNC(=NC)N2CCC(CSc3ccccc3)C2)CC1.I. The molecule has 0 amide bonds. The normalized spacial score (nSPS) is 21.6. The van der Waals surface area contributed by atoms with E-state index in [1.165, 1.54) is 49.8 Å². The van der Waals surface area contributed by atoms with Crippen LogP contribution in [0.4, 0.5) is 0 Å². The molecule has 1 atom stereocenters.